The standard InChI is InChI=1S/C26H31N3O2/c1-20-15-17-22(18-16-20)26-27-24(31-28-26)19-29(23-12-6-3-7-13-23)25(30)14-8-11-21-9-4-2-5-10-21/h2,4-5,9-10,15-18,23H,3,6-8,11-14,19H2,1H3. The lowest BCUT2D eigenvalue weighted by atomic mass is 9.93. The van der Waals surface area contributed by atoms with E-state index in [2.05, 4.69) is 29.2 Å². The summed E-state index contributed by atoms with van der Waals surface area (Å²) in [4.78, 5) is 19.8. The average Bonchev–Trinajstić information content (AvgIpc) is 3.28. The first-order chi connectivity index (χ1) is 15.2. The van der Waals surface area contributed by atoms with E-state index in [4.69, 9.17) is 4.52 Å². The fourth-order valence-corrected chi connectivity index (χ4v) is 4.33. The maximum absolute atomic E-state index is 13.2. The van der Waals surface area contributed by atoms with Crippen molar-refractivity contribution >= 4 is 5.91 Å². The molecular formula is C26H31N3O2. The van der Waals surface area contributed by atoms with Gasteiger partial charge in [0.15, 0.2) is 0 Å². The maximum atomic E-state index is 13.2. The molecule has 0 spiro atoms. The molecule has 0 radical (unpaired) electrons. The Morgan fingerprint density at radius 3 is 2.52 bits per heavy atom. The number of hydrogen-bond donors (Lipinski definition) is 0. The Labute approximate surface area is 184 Å². The first kappa shape index (κ1) is 21.3. The summed E-state index contributed by atoms with van der Waals surface area (Å²) in [5.41, 5.74) is 3.40. The van der Waals surface area contributed by atoms with Crippen molar-refractivity contribution in [3.8, 4) is 11.4 Å². The summed E-state index contributed by atoms with van der Waals surface area (Å²) >= 11 is 0. The molecule has 1 amide bonds. The third kappa shape index (κ3) is 5.81. The largest absolute Gasteiger partial charge is 0.337 e. The number of aryl methyl sites for hydroxylation is 2. The van der Waals surface area contributed by atoms with E-state index in [1.165, 1.54) is 30.4 Å². The number of aromatic nitrogens is 2. The minimum Gasteiger partial charge on any atom is -0.337 e. The Kier molecular flexibility index (Phi) is 7.13. The van der Waals surface area contributed by atoms with Gasteiger partial charge in [-0.1, -0.05) is 84.6 Å². The van der Waals surface area contributed by atoms with E-state index in [1.54, 1.807) is 0 Å². The summed E-state index contributed by atoms with van der Waals surface area (Å²) in [6, 6.07) is 18.7. The second kappa shape index (κ2) is 10.4. The number of rotatable bonds is 8. The van der Waals surface area contributed by atoms with Gasteiger partial charge in [0.05, 0.1) is 0 Å². The van der Waals surface area contributed by atoms with Gasteiger partial charge < -0.3 is 9.42 Å². The molecule has 5 nitrogen and oxygen atoms in total. The number of nitrogens with zero attached hydrogens (tertiary/aromatic N) is 3. The van der Waals surface area contributed by atoms with Gasteiger partial charge >= 0.3 is 0 Å². The minimum atomic E-state index is 0.193. The van der Waals surface area contributed by atoms with E-state index in [0.29, 0.717) is 24.7 Å². The van der Waals surface area contributed by atoms with Crippen LogP contribution in [0.4, 0.5) is 0 Å². The monoisotopic (exact) mass is 417 g/mol. The Morgan fingerprint density at radius 2 is 1.77 bits per heavy atom. The zero-order valence-corrected chi connectivity index (χ0v) is 18.3. The Balaban J connectivity index is 1.42. The van der Waals surface area contributed by atoms with E-state index in [9.17, 15) is 4.79 Å². The number of carbonyl (C=O) groups is 1. The third-order valence-electron chi connectivity index (χ3n) is 6.12. The van der Waals surface area contributed by atoms with Gasteiger partial charge in [0.25, 0.3) is 0 Å². The van der Waals surface area contributed by atoms with Crippen molar-refractivity contribution in [1.29, 1.82) is 0 Å². The van der Waals surface area contributed by atoms with Crippen LogP contribution in [0.1, 0.15) is 62.0 Å². The molecule has 5 heteroatoms. The van der Waals surface area contributed by atoms with E-state index in [-0.39, 0.29) is 11.9 Å². The van der Waals surface area contributed by atoms with Crippen LogP contribution in [0.3, 0.4) is 0 Å². The highest BCUT2D eigenvalue weighted by Crippen LogP contribution is 2.26. The number of hydrogen-bond acceptors (Lipinski definition) is 4. The van der Waals surface area contributed by atoms with Crippen LogP contribution in [0, 0.1) is 6.92 Å². The fourth-order valence-electron chi connectivity index (χ4n) is 4.33. The van der Waals surface area contributed by atoms with Gasteiger partial charge in [-0.15, -0.1) is 0 Å². The van der Waals surface area contributed by atoms with Gasteiger partial charge in [0.2, 0.25) is 17.6 Å². The fraction of sp³-hybridized carbons (Fsp3) is 0.423. The van der Waals surface area contributed by atoms with Crippen LogP contribution in [0.5, 0.6) is 0 Å². The lowest BCUT2D eigenvalue weighted by Crippen LogP contribution is -2.41. The summed E-state index contributed by atoms with van der Waals surface area (Å²) in [5, 5.41) is 4.15. The quantitative estimate of drug-likeness (QED) is 0.470. The molecule has 31 heavy (non-hydrogen) atoms. The van der Waals surface area contributed by atoms with Crippen LogP contribution in [-0.2, 0) is 17.8 Å². The Hall–Kier alpha value is -2.95. The predicted octanol–water partition coefficient (Wildman–Crippen LogP) is 5.73. The summed E-state index contributed by atoms with van der Waals surface area (Å²) in [6.45, 7) is 2.45. The molecule has 1 saturated carbocycles. The SMILES string of the molecule is Cc1ccc(-c2noc(CN(C(=O)CCCc3ccccc3)C3CCCCC3)n2)cc1. The van der Waals surface area contributed by atoms with E-state index in [1.807, 2.05) is 47.4 Å². The lowest BCUT2D eigenvalue weighted by molar-refractivity contribution is -0.135. The predicted molar refractivity (Wildman–Crippen MR) is 121 cm³/mol. The smallest absolute Gasteiger partial charge is 0.246 e. The lowest BCUT2D eigenvalue weighted by Gasteiger charge is -2.33. The first-order valence-electron chi connectivity index (χ1n) is 11.4. The topological polar surface area (TPSA) is 59.2 Å². The molecule has 0 saturated heterocycles. The summed E-state index contributed by atoms with van der Waals surface area (Å²) in [6.07, 6.45) is 8.04. The van der Waals surface area contributed by atoms with Crippen molar-refractivity contribution in [2.24, 2.45) is 0 Å². The average molecular weight is 418 g/mol. The molecule has 1 aromatic heterocycles. The molecule has 0 bridgehead atoms. The molecule has 0 unspecified atom stereocenters. The van der Waals surface area contributed by atoms with Crippen molar-refractivity contribution in [3.05, 3.63) is 71.6 Å². The Morgan fingerprint density at radius 1 is 1.03 bits per heavy atom. The molecule has 4 rings (SSSR count). The molecule has 3 aromatic rings. The zero-order chi connectivity index (χ0) is 21.5. The van der Waals surface area contributed by atoms with E-state index in [0.717, 1.165) is 31.2 Å². The molecule has 0 N–H and O–H groups in total. The Bertz CT molecular complexity index is 960. The summed E-state index contributed by atoms with van der Waals surface area (Å²) < 4.78 is 5.54. The number of benzene rings is 2. The van der Waals surface area contributed by atoms with Crippen molar-refractivity contribution in [3.63, 3.8) is 0 Å². The van der Waals surface area contributed by atoms with Crippen molar-refractivity contribution in [2.45, 2.75) is 70.9 Å². The van der Waals surface area contributed by atoms with Gasteiger partial charge in [-0.2, -0.15) is 4.98 Å². The van der Waals surface area contributed by atoms with Gasteiger partial charge in [-0.05, 0) is 38.2 Å². The molecule has 0 atom stereocenters. The van der Waals surface area contributed by atoms with Crippen LogP contribution in [-0.4, -0.2) is 27.0 Å². The summed E-state index contributed by atoms with van der Waals surface area (Å²) in [7, 11) is 0. The highest BCUT2D eigenvalue weighted by molar-refractivity contribution is 5.76. The van der Waals surface area contributed by atoms with E-state index >= 15 is 0 Å². The normalized spacial score (nSPS) is 14.5. The molecule has 162 valence electrons. The third-order valence-corrected chi connectivity index (χ3v) is 6.12. The van der Waals surface area contributed by atoms with Gasteiger partial charge in [-0.3, -0.25) is 4.79 Å². The molecular weight excluding hydrogens is 386 g/mol. The maximum Gasteiger partial charge on any atom is 0.246 e. The molecule has 2 aromatic carbocycles. The van der Waals surface area contributed by atoms with Crippen LogP contribution in [0.2, 0.25) is 0 Å². The highest BCUT2D eigenvalue weighted by atomic mass is 16.5. The zero-order valence-electron chi connectivity index (χ0n) is 18.3. The molecule has 1 fully saturated rings. The van der Waals surface area contributed by atoms with Crippen LogP contribution in [0.15, 0.2) is 59.1 Å². The summed E-state index contributed by atoms with van der Waals surface area (Å²) in [5.74, 6) is 1.28. The van der Waals surface area contributed by atoms with Gasteiger partial charge in [0, 0.05) is 18.0 Å². The van der Waals surface area contributed by atoms with Gasteiger partial charge in [-0.25, -0.2) is 0 Å². The molecule has 1 aliphatic rings. The van der Waals surface area contributed by atoms with Crippen LogP contribution >= 0.6 is 0 Å². The van der Waals surface area contributed by atoms with Crippen molar-refractivity contribution in [2.75, 3.05) is 0 Å². The van der Waals surface area contributed by atoms with Crippen molar-refractivity contribution < 1.29 is 9.32 Å². The van der Waals surface area contributed by atoms with Crippen LogP contribution in [0.25, 0.3) is 11.4 Å². The van der Waals surface area contributed by atoms with Crippen LogP contribution < -0.4 is 0 Å². The molecule has 0 aliphatic heterocycles. The highest BCUT2D eigenvalue weighted by Gasteiger charge is 2.27. The van der Waals surface area contributed by atoms with E-state index < -0.39 is 0 Å². The molecule has 1 heterocycles. The molecule has 1 aliphatic carbocycles. The first-order valence-corrected chi connectivity index (χ1v) is 11.4. The number of amides is 1. The number of carbonyl (C=O) groups excluding carboxylic acids is 1. The van der Waals surface area contributed by atoms with Crippen molar-refractivity contribution in [1.82, 2.24) is 15.0 Å². The minimum absolute atomic E-state index is 0.193. The second-order valence-electron chi connectivity index (χ2n) is 8.53. The second-order valence-corrected chi connectivity index (χ2v) is 8.53. The van der Waals surface area contributed by atoms with Gasteiger partial charge in [0.1, 0.15) is 6.54 Å².